The van der Waals surface area contributed by atoms with E-state index in [0.717, 1.165) is 6.42 Å². The van der Waals surface area contributed by atoms with Crippen LogP contribution in [0.3, 0.4) is 0 Å². The van der Waals surface area contributed by atoms with E-state index in [1.165, 1.54) is 0 Å². The predicted octanol–water partition coefficient (Wildman–Crippen LogP) is 10.8. The van der Waals surface area contributed by atoms with E-state index in [9.17, 15) is 4.79 Å². The minimum absolute atomic E-state index is 0.00572. The molecule has 0 rings (SSSR count). The van der Waals surface area contributed by atoms with Gasteiger partial charge >= 0.3 is 0 Å². The molecule has 0 amide bonds. The Labute approximate surface area is 267 Å². The van der Waals surface area contributed by atoms with Crippen molar-refractivity contribution in [1.29, 1.82) is 0 Å². The normalized spacial score (nSPS) is 18.0. The van der Waals surface area contributed by atoms with Crippen LogP contribution in [-0.4, -0.2) is 64.0 Å². The van der Waals surface area contributed by atoms with Gasteiger partial charge in [-0.3, -0.25) is 4.79 Å². The molecule has 0 heterocycles. The fraction of sp³-hybridized carbons (Fsp3) is 0.970. The molecule has 0 N–H and O–H groups in total. The standard InChI is InChI=1S/C33H74O5Si4/c1-25(23-27(36-40(17,18)31(6,7)8)24-35-39(15,16)30(3,4)5)28(37-41(19,20)32(9,10)11)29(26(2)34)38-42(21,22)33(12,13)14/h25,27-29H,23-24H2,1-22H3/t25-,27-,28+,29+/m1/s1. The van der Waals surface area contributed by atoms with Gasteiger partial charge in [-0.15, -0.1) is 0 Å². The van der Waals surface area contributed by atoms with Crippen molar-refractivity contribution in [3.05, 3.63) is 0 Å². The number of carbonyl (C=O) groups excluding carboxylic acids is 1. The first-order chi connectivity index (χ1) is 18.1. The molecule has 0 saturated carbocycles. The molecule has 0 spiro atoms. The Bertz CT molecular complexity index is 871. The number of Topliss-reactive ketones (excluding diaryl/α,β-unsaturated/α-hetero) is 1. The van der Waals surface area contributed by atoms with Crippen molar-refractivity contribution in [2.24, 2.45) is 5.92 Å². The molecule has 0 aromatic carbocycles. The zero-order chi connectivity index (χ0) is 34.1. The van der Waals surface area contributed by atoms with Crippen LogP contribution in [-0.2, 0) is 22.5 Å². The van der Waals surface area contributed by atoms with Gasteiger partial charge in [0, 0.05) is 0 Å². The monoisotopic (exact) mass is 662 g/mol. The maximum Gasteiger partial charge on any atom is 0.193 e. The summed E-state index contributed by atoms with van der Waals surface area (Å²) in [7, 11) is -8.56. The van der Waals surface area contributed by atoms with E-state index in [0.29, 0.717) is 6.61 Å². The first-order valence-corrected chi connectivity index (χ1v) is 27.9. The predicted molar refractivity (Wildman–Crippen MR) is 194 cm³/mol. The number of carbonyl (C=O) groups is 1. The summed E-state index contributed by atoms with van der Waals surface area (Å²) >= 11 is 0. The topological polar surface area (TPSA) is 54.0 Å². The van der Waals surface area contributed by atoms with E-state index in [1.54, 1.807) is 6.92 Å². The fourth-order valence-electron chi connectivity index (χ4n) is 3.68. The highest BCUT2D eigenvalue weighted by Crippen LogP contribution is 2.43. The SMILES string of the molecule is CC(=O)[C@H](O[Si](C)(C)C(C)(C)C)[C@@H](O[Si](C)(C)C(C)(C)C)[C@H](C)C[C@H](CO[Si](C)(C)C(C)(C)C)O[Si](C)(C)C(C)(C)C. The third-order valence-corrected chi connectivity index (χ3v) is 29.0. The molecule has 0 saturated heterocycles. The highest BCUT2D eigenvalue weighted by molar-refractivity contribution is 6.75. The van der Waals surface area contributed by atoms with Gasteiger partial charge < -0.3 is 17.7 Å². The van der Waals surface area contributed by atoms with Crippen LogP contribution in [0, 0.1) is 5.92 Å². The third kappa shape index (κ3) is 11.6. The summed E-state index contributed by atoms with van der Waals surface area (Å²) in [5, 5.41) is 0.183. The van der Waals surface area contributed by atoms with E-state index in [2.05, 4.69) is 142 Å². The van der Waals surface area contributed by atoms with E-state index in [1.807, 2.05) is 0 Å². The highest BCUT2D eigenvalue weighted by atomic mass is 28.4. The average Bonchev–Trinajstić information content (AvgIpc) is 2.70. The van der Waals surface area contributed by atoms with Crippen molar-refractivity contribution in [2.45, 2.75) is 194 Å². The second kappa shape index (κ2) is 14.0. The molecular weight excluding hydrogens is 589 g/mol. The Hall–Kier alpha value is 0.378. The van der Waals surface area contributed by atoms with E-state index in [4.69, 9.17) is 17.7 Å². The molecule has 0 unspecified atom stereocenters. The summed E-state index contributed by atoms with van der Waals surface area (Å²) in [4.78, 5) is 13.4. The number of hydrogen-bond donors (Lipinski definition) is 0. The average molecular weight is 663 g/mol. The molecule has 9 heteroatoms. The van der Waals surface area contributed by atoms with Gasteiger partial charge in [-0.2, -0.15) is 0 Å². The Kier molecular flexibility index (Phi) is 14.1. The maximum atomic E-state index is 13.4. The fourth-order valence-corrected chi connectivity index (χ4v) is 8.74. The van der Waals surface area contributed by atoms with Gasteiger partial charge in [0.2, 0.25) is 0 Å². The molecule has 0 fully saturated rings. The molecule has 5 nitrogen and oxygen atoms in total. The van der Waals surface area contributed by atoms with Crippen LogP contribution in [0.5, 0.6) is 0 Å². The second-order valence-electron chi connectivity index (χ2n) is 19.0. The summed E-state index contributed by atoms with van der Waals surface area (Å²) in [5.74, 6) is 0.0883. The van der Waals surface area contributed by atoms with Crippen molar-refractivity contribution in [3.63, 3.8) is 0 Å². The lowest BCUT2D eigenvalue weighted by atomic mass is 9.92. The lowest BCUT2D eigenvalue weighted by Crippen LogP contribution is -2.56. The van der Waals surface area contributed by atoms with Gasteiger partial charge in [0.1, 0.15) is 6.10 Å². The van der Waals surface area contributed by atoms with Gasteiger partial charge in [-0.1, -0.05) is 90.0 Å². The first kappa shape index (κ1) is 42.4. The third-order valence-electron chi connectivity index (χ3n) is 11.1. The van der Waals surface area contributed by atoms with Crippen molar-refractivity contribution >= 4 is 39.1 Å². The van der Waals surface area contributed by atoms with Crippen LogP contribution in [0.1, 0.15) is 103 Å². The van der Waals surface area contributed by atoms with Crippen LogP contribution < -0.4 is 0 Å². The van der Waals surface area contributed by atoms with Gasteiger partial charge in [0.05, 0.1) is 18.8 Å². The molecule has 0 aliphatic heterocycles. The lowest BCUT2D eigenvalue weighted by molar-refractivity contribution is -0.131. The Morgan fingerprint density at radius 2 is 0.905 bits per heavy atom. The molecular formula is C33H74O5Si4. The van der Waals surface area contributed by atoms with Crippen LogP contribution in [0.15, 0.2) is 0 Å². The van der Waals surface area contributed by atoms with E-state index < -0.39 is 39.4 Å². The quantitative estimate of drug-likeness (QED) is 0.173. The molecule has 0 aliphatic carbocycles. The van der Waals surface area contributed by atoms with E-state index in [-0.39, 0.29) is 44.1 Å². The molecule has 0 aromatic rings. The maximum absolute atomic E-state index is 13.4. The zero-order valence-electron chi connectivity index (χ0n) is 32.3. The molecule has 0 radical (unpaired) electrons. The van der Waals surface area contributed by atoms with Crippen LogP contribution in [0.4, 0.5) is 0 Å². The second-order valence-corrected chi connectivity index (χ2v) is 38.1. The van der Waals surface area contributed by atoms with Crippen LogP contribution in [0.25, 0.3) is 0 Å². The summed E-state index contributed by atoms with van der Waals surface area (Å²) in [6, 6.07) is 0. The molecule has 252 valence electrons. The Morgan fingerprint density at radius 1 is 0.571 bits per heavy atom. The first-order valence-electron chi connectivity index (χ1n) is 16.3. The van der Waals surface area contributed by atoms with Crippen LogP contribution in [0.2, 0.25) is 72.5 Å². The number of ketones is 1. The Balaban J connectivity index is 6.76. The molecule has 0 aliphatic rings. The van der Waals surface area contributed by atoms with Gasteiger partial charge in [-0.25, -0.2) is 0 Å². The number of hydrogen-bond acceptors (Lipinski definition) is 5. The highest BCUT2D eigenvalue weighted by Gasteiger charge is 2.48. The lowest BCUT2D eigenvalue weighted by Gasteiger charge is -2.47. The molecule has 42 heavy (non-hydrogen) atoms. The molecule has 0 aromatic heterocycles. The largest absolute Gasteiger partial charge is 0.414 e. The number of rotatable bonds is 14. The van der Waals surface area contributed by atoms with E-state index >= 15 is 0 Å². The smallest absolute Gasteiger partial charge is 0.193 e. The minimum atomic E-state index is -2.25. The Morgan fingerprint density at radius 3 is 1.24 bits per heavy atom. The van der Waals surface area contributed by atoms with Gasteiger partial charge in [0.25, 0.3) is 0 Å². The van der Waals surface area contributed by atoms with Crippen molar-refractivity contribution in [2.75, 3.05) is 6.61 Å². The zero-order valence-corrected chi connectivity index (χ0v) is 36.3. The molecule has 4 atom stereocenters. The summed E-state index contributed by atoms with van der Waals surface area (Å²) in [6.45, 7) is 49.9. The van der Waals surface area contributed by atoms with Gasteiger partial charge in [-0.05, 0) is 91.8 Å². The van der Waals surface area contributed by atoms with Crippen molar-refractivity contribution in [3.8, 4) is 0 Å². The van der Waals surface area contributed by atoms with Crippen LogP contribution >= 0.6 is 0 Å². The molecule has 0 bridgehead atoms. The summed E-state index contributed by atoms with van der Waals surface area (Å²) in [5.41, 5.74) is 0. The summed E-state index contributed by atoms with van der Waals surface area (Å²) in [6.07, 6.45) is -0.285. The van der Waals surface area contributed by atoms with Crippen molar-refractivity contribution < 1.29 is 22.5 Å². The minimum Gasteiger partial charge on any atom is -0.414 e. The van der Waals surface area contributed by atoms with Crippen molar-refractivity contribution in [1.82, 2.24) is 0 Å². The summed E-state index contributed by atoms with van der Waals surface area (Å²) < 4.78 is 28.0. The van der Waals surface area contributed by atoms with Gasteiger partial charge in [0.15, 0.2) is 39.1 Å².